The van der Waals surface area contributed by atoms with Gasteiger partial charge in [0, 0.05) is 17.6 Å². The smallest absolute Gasteiger partial charge is 0.238 e. The van der Waals surface area contributed by atoms with E-state index in [-0.39, 0.29) is 12.5 Å². The number of amides is 1. The summed E-state index contributed by atoms with van der Waals surface area (Å²) in [5, 5.41) is 11.9. The number of aliphatic hydroxyl groups is 1. The van der Waals surface area contributed by atoms with E-state index in [9.17, 15) is 4.79 Å². The average Bonchev–Trinajstić information content (AvgIpc) is 2.81. The van der Waals surface area contributed by atoms with E-state index in [1.54, 1.807) is 0 Å². The molecular formula is C15H21BrN2O2. The number of hydrogen-bond donors (Lipinski definition) is 2. The third kappa shape index (κ3) is 4.30. The second-order valence-corrected chi connectivity index (χ2v) is 6.29. The van der Waals surface area contributed by atoms with Gasteiger partial charge in [-0.2, -0.15) is 0 Å². The number of hydrogen-bond acceptors (Lipinski definition) is 3. The van der Waals surface area contributed by atoms with E-state index in [0.717, 1.165) is 41.7 Å². The molecule has 0 spiro atoms. The molecule has 110 valence electrons. The van der Waals surface area contributed by atoms with Crippen LogP contribution in [0.1, 0.15) is 18.4 Å². The van der Waals surface area contributed by atoms with Crippen molar-refractivity contribution in [3.8, 4) is 0 Å². The highest BCUT2D eigenvalue weighted by atomic mass is 79.9. The van der Waals surface area contributed by atoms with Crippen molar-refractivity contribution in [2.24, 2.45) is 5.92 Å². The molecule has 1 amide bonds. The van der Waals surface area contributed by atoms with E-state index in [0.29, 0.717) is 12.5 Å². The van der Waals surface area contributed by atoms with Crippen molar-refractivity contribution in [1.29, 1.82) is 0 Å². The predicted octanol–water partition coefficient (Wildman–Crippen LogP) is 2.40. The number of benzene rings is 1. The Morgan fingerprint density at radius 2 is 2.35 bits per heavy atom. The lowest BCUT2D eigenvalue weighted by atomic mass is 10.1. The molecule has 1 aromatic rings. The molecule has 5 heteroatoms. The number of likely N-dealkylation sites (tertiary alicyclic amines) is 1. The predicted molar refractivity (Wildman–Crippen MR) is 83.8 cm³/mol. The van der Waals surface area contributed by atoms with E-state index in [2.05, 4.69) is 26.1 Å². The normalized spacial score (nSPS) is 19.2. The molecule has 2 rings (SSSR count). The van der Waals surface area contributed by atoms with Gasteiger partial charge in [0.05, 0.1) is 12.2 Å². The molecule has 0 aromatic heterocycles. The zero-order valence-corrected chi connectivity index (χ0v) is 13.3. The topological polar surface area (TPSA) is 52.6 Å². The van der Waals surface area contributed by atoms with Gasteiger partial charge in [0.25, 0.3) is 0 Å². The molecule has 0 bridgehead atoms. The lowest BCUT2D eigenvalue weighted by Crippen LogP contribution is -2.31. The fraction of sp³-hybridized carbons (Fsp3) is 0.533. The van der Waals surface area contributed by atoms with Gasteiger partial charge >= 0.3 is 0 Å². The van der Waals surface area contributed by atoms with Crippen molar-refractivity contribution in [1.82, 2.24) is 4.90 Å². The van der Waals surface area contributed by atoms with Gasteiger partial charge in [-0.3, -0.25) is 9.69 Å². The zero-order chi connectivity index (χ0) is 14.5. The molecule has 1 aromatic carbocycles. The maximum absolute atomic E-state index is 12.0. The van der Waals surface area contributed by atoms with Crippen molar-refractivity contribution in [3.05, 3.63) is 28.2 Å². The van der Waals surface area contributed by atoms with E-state index >= 15 is 0 Å². The van der Waals surface area contributed by atoms with Gasteiger partial charge < -0.3 is 10.4 Å². The second-order valence-electron chi connectivity index (χ2n) is 5.43. The van der Waals surface area contributed by atoms with Crippen molar-refractivity contribution in [3.63, 3.8) is 0 Å². The summed E-state index contributed by atoms with van der Waals surface area (Å²) in [6, 6.07) is 5.88. The Morgan fingerprint density at radius 1 is 1.55 bits per heavy atom. The molecule has 20 heavy (non-hydrogen) atoms. The van der Waals surface area contributed by atoms with Crippen LogP contribution in [-0.2, 0) is 4.79 Å². The van der Waals surface area contributed by atoms with Crippen LogP contribution in [0.5, 0.6) is 0 Å². The molecular weight excluding hydrogens is 320 g/mol. The largest absolute Gasteiger partial charge is 0.396 e. The summed E-state index contributed by atoms with van der Waals surface area (Å²) in [6.07, 6.45) is 1.91. The fourth-order valence-corrected chi connectivity index (χ4v) is 3.18. The van der Waals surface area contributed by atoms with Gasteiger partial charge in [0.1, 0.15) is 0 Å². The first-order chi connectivity index (χ1) is 9.58. The number of carbonyl (C=O) groups is 1. The Morgan fingerprint density at radius 3 is 3.05 bits per heavy atom. The molecule has 0 aliphatic carbocycles. The molecule has 4 nitrogen and oxygen atoms in total. The SMILES string of the molecule is Cc1ccc(NC(=O)CN2CCC(CCO)C2)c(Br)c1. The Balaban J connectivity index is 1.84. The minimum absolute atomic E-state index is 0.0131. The molecule has 1 heterocycles. The first kappa shape index (κ1) is 15.5. The number of anilines is 1. The second kappa shape index (κ2) is 7.20. The highest BCUT2D eigenvalue weighted by molar-refractivity contribution is 9.10. The summed E-state index contributed by atoms with van der Waals surface area (Å²) in [4.78, 5) is 14.2. The van der Waals surface area contributed by atoms with Crippen LogP contribution in [0.3, 0.4) is 0 Å². The highest BCUT2D eigenvalue weighted by Gasteiger charge is 2.23. The average molecular weight is 341 g/mol. The molecule has 0 saturated carbocycles. The van der Waals surface area contributed by atoms with E-state index in [1.165, 1.54) is 0 Å². The molecule has 0 radical (unpaired) electrons. The van der Waals surface area contributed by atoms with Crippen LogP contribution < -0.4 is 5.32 Å². The zero-order valence-electron chi connectivity index (χ0n) is 11.7. The third-order valence-electron chi connectivity index (χ3n) is 3.67. The lowest BCUT2D eigenvalue weighted by Gasteiger charge is -2.16. The van der Waals surface area contributed by atoms with Crippen molar-refractivity contribution >= 4 is 27.5 Å². The van der Waals surface area contributed by atoms with Gasteiger partial charge in [-0.05, 0) is 65.9 Å². The number of aliphatic hydroxyl groups excluding tert-OH is 1. The van der Waals surface area contributed by atoms with Gasteiger partial charge in [-0.25, -0.2) is 0 Å². The summed E-state index contributed by atoms with van der Waals surface area (Å²) in [5.74, 6) is 0.540. The first-order valence-electron chi connectivity index (χ1n) is 6.97. The lowest BCUT2D eigenvalue weighted by molar-refractivity contribution is -0.117. The molecule has 1 aliphatic rings. The minimum atomic E-state index is 0.0131. The Labute approximate surface area is 128 Å². The third-order valence-corrected chi connectivity index (χ3v) is 4.33. The molecule has 2 N–H and O–H groups in total. The number of nitrogens with one attached hydrogen (secondary N) is 1. The molecule has 1 aliphatic heterocycles. The maximum atomic E-state index is 12.0. The highest BCUT2D eigenvalue weighted by Crippen LogP contribution is 2.24. The van der Waals surface area contributed by atoms with E-state index < -0.39 is 0 Å². The maximum Gasteiger partial charge on any atom is 0.238 e. The Kier molecular flexibility index (Phi) is 5.57. The number of rotatable bonds is 5. The number of halogens is 1. The van der Waals surface area contributed by atoms with Crippen molar-refractivity contribution in [2.45, 2.75) is 19.8 Å². The van der Waals surface area contributed by atoms with Crippen LogP contribution in [0.25, 0.3) is 0 Å². The van der Waals surface area contributed by atoms with Gasteiger partial charge in [0.2, 0.25) is 5.91 Å². The summed E-state index contributed by atoms with van der Waals surface area (Å²) in [7, 11) is 0. The van der Waals surface area contributed by atoms with Gasteiger partial charge in [-0.1, -0.05) is 6.07 Å². The summed E-state index contributed by atoms with van der Waals surface area (Å²) >= 11 is 3.46. The van der Waals surface area contributed by atoms with Crippen molar-refractivity contribution < 1.29 is 9.90 Å². The first-order valence-corrected chi connectivity index (χ1v) is 7.77. The number of nitrogens with zero attached hydrogens (tertiary/aromatic N) is 1. The molecule has 1 saturated heterocycles. The van der Waals surface area contributed by atoms with Crippen LogP contribution in [0, 0.1) is 12.8 Å². The quantitative estimate of drug-likeness (QED) is 0.865. The van der Waals surface area contributed by atoms with E-state index in [1.807, 2.05) is 25.1 Å². The molecule has 1 unspecified atom stereocenters. The van der Waals surface area contributed by atoms with Gasteiger partial charge in [-0.15, -0.1) is 0 Å². The minimum Gasteiger partial charge on any atom is -0.396 e. The number of carbonyl (C=O) groups excluding carboxylic acids is 1. The summed E-state index contributed by atoms with van der Waals surface area (Å²) in [5.41, 5.74) is 1.97. The van der Waals surface area contributed by atoms with Crippen LogP contribution in [0.4, 0.5) is 5.69 Å². The monoisotopic (exact) mass is 340 g/mol. The Bertz CT molecular complexity index is 479. The Hall–Kier alpha value is -0.910. The van der Waals surface area contributed by atoms with Crippen LogP contribution in [0.2, 0.25) is 0 Å². The molecule has 1 atom stereocenters. The standard InChI is InChI=1S/C15H21BrN2O2/c1-11-2-3-14(13(16)8-11)17-15(20)10-18-6-4-12(9-18)5-7-19/h2-3,8,12,19H,4-7,9-10H2,1H3,(H,17,20). The van der Waals surface area contributed by atoms with Crippen LogP contribution >= 0.6 is 15.9 Å². The number of aryl methyl sites for hydroxylation is 1. The summed E-state index contributed by atoms with van der Waals surface area (Å²) in [6.45, 7) is 4.52. The van der Waals surface area contributed by atoms with Crippen molar-refractivity contribution in [2.75, 3.05) is 31.6 Å². The summed E-state index contributed by atoms with van der Waals surface area (Å²) < 4.78 is 0.908. The van der Waals surface area contributed by atoms with E-state index in [4.69, 9.17) is 5.11 Å². The fourth-order valence-electron chi connectivity index (χ4n) is 2.59. The van der Waals surface area contributed by atoms with Crippen LogP contribution in [0.15, 0.2) is 22.7 Å². The van der Waals surface area contributed by atoms with Gasteiger partial charge in [0.15, 0.2) is 0 Å². The molecule has 1 fully saturated rings. The van der Waals surface area contributed by atoms with Crippen LogP contribution in [-0.4, -0.2) is 42.2 Å².